The van der Waals surface area contributed by atoms with Crippen LogP contribution in [0.25, 0.3) is 0 Å². The summed E-state index contributed by atoms with van der Waals surface area (Å²) < 4.78 is 0. The molecule has 2 N–H and O–H groups in total. The molecule has 4 nitrogen and oxygen atoms in total. The summed E-state index contributed by atoms with van der Waals surface area (Å²) in [4.78, 5) is 9.07. The Morgan fingerprint density at radius 3 is 1.36 bits per heavy atom. The van der Waals surface area contributed by atoms with Crippen LogP contribution in [0.3, 0.4) is 0 Å². The summed E-state index contributed by atoms with van der Waals surface area (Å²) in [5.74, 6) is 0.729. The molecule has 0 amide bonds. The molecule has 0 unspecified atom stereocenters. The predicted octanol–water partition coefficient (Wildman–Crippen LogP) is 6.84. The van der Waals surface area contributed by atoms with E-state index in [-0.39, 0.29) is 0 Å². The summed E-state index contributed by atoms with van der Waals surface area (Å²) in [6.45, 7) is 9.91. The van der Waals surface area contributed by atoms with Crippen molar-refractivity contribution in [2.45, 2.75) is 85.5 Å². The van der Waals surface area contributed by atoms with Crippen molar-refractivity contribution in [1.29, 1.82) is 0 Å². The summed E-state index contributed by atoms with van der Waals surface area (Å²) in [5.41, 5.74) is 6.18. The quantitative estimate of drug-likeness (QED) is 0.244. The standard InChI is InChI=1S/C29H42N2O2/c1-5-10-22-16-24(12-7-3)28(32)26(18-22)20-30-14-9-15-31-21-27-19-23(11-6-2)17-25(13-8-4)29(27)33/h16-21,32-33H,5-15H2,1-4H3. The van der Waals surface area contributed by atoms with E-state index in [1.807, 2.05) is 0 Å². The summed E-state index contributed by atoms with van der Waals surface area (Å²) in [6.07, 6.45) is 12.4. The Balaban J connectivity index is 1.98. The molecule has 0 saturated heterocycles. The molecule has 0 atom stereocenters. The third kappa shape index (κ3) is 8.34. The first-order valence-electron chi connectivity index (χ1n) is 12.7. The lowest BCUT2D eigenvalue weighted by Crippen LogP contribution is -1.97. The number of aryl methyl sites for hydroxylation is 4. The summed E-state index contributed by atoms with van der Waals surface area (Å²) in [6, 6.07) is 8.37. The molecule has 2 rings (SSSR count). The Labute approximate surface area is 200 Å². The largest absolute Gasteiger partial charge is 0.507 e. The van der Waals surface area contributed by atoms with Gasteiger partial charge in [-0.2, -0.15) is 0 Å². The summed E-state index contributed by atoms with van der Waals surface area (Å²) in [7, 11) is 0. The molecule has 0 bridgehead atoms. The topological polar surface area (TPSA) is 65.2 Å². The third-order valence-electron chi connectivity index (χ3n) is 5.71. The van der Waals surface area contributed by atoms with Gasteiger partial charge in [-0.05, 0) is 66.5 Å². The smallest absolute Gasteiger partial charge is 0.127 e. The molecule has 0 saturated carbocycles. The Kier molecular flexibility index (Phi) is 11.7. The second-order valence-electron chi connectivity index (χ2n) is 8.81. The number of phenols is 2. The van der Waals surface area contributed by atoms with Gasteiger partial charge in [0.15, 0.2) is 0 Å². The Bertz CT molecular complexity index is 856. The van der Waals surface area contributed by atoms with Crippen molar-refractivity contribution in [1.82, 2.24) is 0 Å². The lowest BCUT2D eigenvalue weighted by Gasteiger charge is -2.10. The highest BCUT2D eigenvalue weighted by atomic mass is 16.3. The SMILES string of the molecule is CCCc1cc(C=NCCCN=Cc2cc(CCC)cc(CCC)c2O)c(O)c(CCC)c1. The molecule has 0 spiro atoms. The normalized spacial score (nSPS) is 11.8. The van der Waals surface area contributed by atoms with Gasteiger partial charge in [0.2, 0.25) is 0 Å². The van der Waals surface area contributed by atoms with E-state index < -0.39 is 0 Å². The van der Waals surface area contributed by atoms with Crippen LogP contribution in [0.5, 0.6) is 11.5 Å². The van der Waals surface area contributed by atoms with Gasteiger partial charge in [0.1, 0.15) is 11.5 Å². The lowest BCUT2D eigenvalue weighted by molar-refractivity contribution is 0.466. The minimum atomic E-state index is 0.365. The zero-order chi connectivity index (χ0) is 24.1. The van der Waals surface area contributed by atoms with Gasteiger partial charge < -0.3 is 10.2 Å². The van der Waals surface area contributed by atoms with Gasteiger partial charge >= 0.3 is 0 Å². The first-order chi connectivity index (χ1) is 16.0. The molecule has 4 heteroatoms. The number of aromatic hydroxyl groups is 2. The van der Waals surface area contributed by atoms with E-state index in [4.69, 9.17) is 0 Å². The van der Waals surface area contributed by atoms with E-state index in [0.29, 0.717) is 24.6 Å². The van der Waals surface area contributed by atoms with E-state index in [2.05, 4.69) is 61.9 Å². The van der Waals surface area contributed by atoms with Crippen LogP contribution in [-0.4, -0.2) is 35.7 Å². The maximum absolute atomic E-state index is 10.6. The molecule has 0 radical (unpaired) electrons. The minimum absolute atomic E-state index is 0.365. The number of phenolic OH excluding ortho intramolecular Hbond substituents is 2. The van der Waals surface area contributed by atoms with E-state index >= 15 is 0 Å². The first-order valence-corrected chi connectivity index (χ1v) is 12.7. The maximum atomic E-state index is 10.6. The maximum Gasteiger partial charge on any atom is 0.127 e. The van der Waals surface area contributed by atoms with Crippen LogP contribution in [0.1, 0.15) is 93.2 Å². The Morgan fingerprint density at radius 2 is 1.00 bits per heavy atom. The number of hydrogen-bond acceptors (Lipinski definition) is 4. The van der Waals surface area contributed by atoms with Crippen molar-refractivity contribution in [2.75, 3.05) is 13.1 Å². The van der Waals surface area contributed by atoms with Crippen molar-refractivity contribution < 1.29 is 10.2 Å². The van der Waals surface area contributed by atoms with Gasteiger partial charge in [0, 0.05) is 36.6 Å². The second kappa shape index (κ2) is 14.5. The van der Waals surface area contributed by atoms with Gasteiger partial charge in [-0.1, -0.05) is 65.5 Å². The Morgan fingerprint density at radius 1 is 0.606 bits per heavy atom. The Hall–Kier alpha value is -2.62. The molecular formula is C29H42N2O2. The van der Waals surface area contributed by atoms with Crippen LogP contribution in [-0.2, 0) is 25.7 Å². The van der Waals surface area contributed by atoms with Crippen molar-refractivity contribution >= 4 is 12.4 Å². The van der Waals surface area contributed by atoms with Gasteiger partial charge in [0.05, 0.1) is 0 Å². The van der Waals surface area contributed by atoms with Crippen molar-refractivity contribution in [3.63, 3.8) is 0 Å². The predicted molar refractivity (Wildman–Crippen MR) is 142 cm³/mol. The van der Waals surface area contributed by atoms with Crippen LogP contribution in [0.15, 0.2) is 34.3 Å². The number of aliphatic imine (C=N–C) groups is 2. The molecule has 0 aliphatic heterocycles. The highest BCUT2D eigenvalue weighted by Gasteiger charge is 2.09. The van der Waals surface area contributed by atoms with Crippen LogP contribution < -0.4 is 0 Å². The van der Waals surface area contributed by atoms with Crippen LogP contribution in [0, 0.1) is 0 Å². The van der Waals surface area contributed by atoms with Crippen LogP contribution >= 0.6 is 0 Å². The van der Waals surface area contributed by atoms with E-state index in [0.717, 1.165) is 80.0 Å². The zero-order valence-electron chi connectivity index (χ0n) is 21.0. The molecule has 33 heavy (non-hydrogen) atoms. The average molecular weight is 451 g/mol. The molecule has 0 aliphatic carbocycles. The summed E-state index contributed by atoms with van der Waals surface area (Å²) in [5, 5.41) is 21.2. The first kappa shape index (κ1) is 26.6. The molecule has 0 aliphatic rings. The fourth-order valence-electron chi connectivity index (χ4n) is 4.14. The molecule has 0 aromatic heterocycles. The number of hydrogen-bond donors (Lipinski definition) is 2. The highest BCUT2D eigenvalue weighted by Crippen LogP contribution is 2.26. The van der Waals surface area contributed by atoms with Gasteiger partial charge in [-0.25, -0.2) is 0 Å². The van der Waals surface area contributed by atoms with Gasteiger partial charge in [-0.3, -0.25) is 9.98 Å². The van der Waals surface area contributed by atoms with Crippen LogP contribution in [0.4, 0.5) is 0 Å². The molecular weight excluding hydrogens is 408 g/mol. The molecule has 0 fully saturated rings. The van der Waals surface area contributed by atoms with Crippen LogP contribution in [0.2, 0.25) is 0 Å². The minimum Gasteiger partial charge on any atom is -0.507 e. The second-order valence-corrected chi connectivity index (χ2v) is 8.81. The fourth-order valence-corrected chi connectivity index (χ4v) is 4.14. The average Bonchev–Trinajstić information content (AvgIpc) is 2.79. The number of rotatable bonds is 14. The molecule has 2 aromatic rings. The highest BCUT2D eigenvalue weighted by molar-refractivity contribution is 5.85. The van der Waals surface area contributed by atoms with E-state index in [9.17, 15) is 10.2 Å². The third-order valence-corrected chi connectivity index (χ3v) is 5.71. The molecule has 180 valence electrons. The number of nitrogens with zero attached hydrogens (tertiary/aromatic N) is 2. The van der Waals surface area contributed by atoms with Gasteiger partial charge in [0.25, 0.3) is 0 Å². The van der Waals surface area contributed by atoms with E-state index in [1.165, 1.54) is 11.1 Å². The van der Waals surface area contributed by atoms with Crippen molar-refractivity contribution in [3.05, 3.63) is 57.6 Å². The van der Waals surface area contributed by atoms with E-state index in [1.54, 1.807) is 12.4 Å². The molecule has 0 heterocycles. The van der Waals surface area contributed by atoms with Gasteiger partial charge in [-0.15, -0.1) is 0 Å². The van der Waals surface area contributed by atoms with Crippen molar-refractivity contribution in [2.24, 2.45) is 9.98 Å². The molecule has 2 aromatic carbocycles. The fraction of sp³-hybridized carbons (Fsp3) is 0.517. The summed E-state index contributed by atoms with van der Waals surface area (Å²) >= 11 is 0. The van der Waals surface area contributed by atoms with Crippen molar-refractivity contribution in [3.8, 4) is 11.5 Å². The lowest BCUT2D eigenvalue weighted by atomic mass is 9.99. The zero-order valence-corrected chi connectivity index (χ0v) is 21.0. The monoisotopic (exact) mass is 450 g/mol. The number of benzene rings is 2.